The molecular weight excluding hydrogens is 366 g/mol. The van der Waals surface area contributed by atoms with E-state index in [0.717, 1.165) is 16.8 Å². The Balaban J connectivity index is 1.66. The molecule has 0 saturated carbocycles. The molecule has 1 heterocycles. The number of aryl methyl sites for hydroxylation is 1. The summed E-state index contributed by atoms with van der Waals surface area (Å²) in [5, 5.41) is 0. The number of benzene rings is 2. The third-order valence-electron chi connectivity index (χ3n) is 5.06. The summed E-state index contributed by atoms with van der Waals surface area (Å²) in [6.45, 7) is 7.56. The van der Waals surface area contributed by atoms with E-state index in [1.54, 1.807) is 11.8 Å². The van der Waals surface area contributed by atoms with Gasteiger partial charge in [-0.3, -0.25) is 9.69 Å². The van der Waals surface area contributed by atoms with Gasteiger partial charge in [0.2, 0.25) is 5.91 Å². The number of hydrogen-bond acceptors (Lipinski definition) is 4. The number of piperazine rings is 1. The van der Waals surface area contributed by atoms with Crippen LogP contribution in [0.1, 0.15) is 18.1 Å². The zero-order chi connectivity index (χ0) is 20.6. The summed E-state index contributed by atoms with van der Waals surface area (Å²) < 4.78 is 5.06. The first-order valence-electron chi connectivity index (χ1n) is 10.1. The summed E-state index contributed by atoms with van der Waals surface area (Å²) in [6.07, 6.45) is -0.274. The zero-order valence-corrected chi connectivity index (χ0v) is 17.2. The lowest BCUT2D eigenvalue weighted by Crippen LogP contribution is -2.51. The smallest absolute Gasteiger partial charge is 0.409 e. The van der Waals surface area contributed by atoms with E-state index in [2.05, 4.69) is 4.90 Å². The lowest BCUT2D eigenvalue weighted by atomic mass is 10.1. The summed E-state index contributed by atoms with van der Waals surface area (Å²) in [5.74, 6) is 0.0593. The number of anilines is 1. The van der Waals surface area contributed by atoms with Crippen LogP contribution in [0.2, 0.25) is 0 Å². The van der Waals surface area contributed by atoms with Crippen LogP contribution < -0.4 is 4.90 Å². The largest absolute Gasteiger partial charge is 0.450 e. The van der Waals surface area contributed by atoms with Gasteiger partial charge in [0.25, 0.3) is 0 Å². The van der Waals surface area contributed by atoms with Gasteiger partial charge in [-0.2, -0.15) is 0 Å². The maximum atomic E-state index is 13.2. The van der Waals surface area contributed by atoms with Crippen LogP contribution in [0.15, 0.2) is 54.6 Å². The Kier molecular flexibility index (Phi) is 7.25. The average Bonchev–Trinajstić information content (AvgIpc) is 2.73. The number of rotatable bonds is 6. The number of hydrogen-bond donors (Lipinski definition) is 0. The molecule has 0 radical (unpaired) electrons. The first kappa shape index (κ1) is 20.9. The Morgan fingerprint density at radius 2 is 1.72 bits per heavy atom. The molecule has 1 saturated heterocycles. The van der Waals surface area contributed by atoms with Gasteiger partial charge in [-0.15, -0.1) is 0 Å². The molecule has 3 rings (SSSR count). The van der Waals surface area contributed by atoms with Crippen LogP contribution in [-0.4, -0.2) is 61.1 Å². The standard InChI is InChI=1S/C23H29N3O3/c1-3-29-23(28)25-14-12-24(13-15-25)18-22(27)26(17-20-9-5-4-6-10-20)21-11-7-8-19(2)16-21/h4-11,16H,3,12-15,17-18H2,1-2H3. The molecule has 0 N–H and O–H groups in total. The van der Waals surface area contributed by atoms with Crippen molar-refractivity contribution in [2.75, 3.05) is 44.2 Å². The van der Waals surface area contributed by atoms with Crippen molar-refractivity contribution in [3.63, 3.8) is 0 Å². The first-order valence-corrected chi connectivity index (χ1v) is 10.1. The van der Waals surface area contributed by atoms with Crippen molar-refractivity contribution in [2.45, 2.75) is 20.4 Å². The Bertz CT molecular complexity index is 817. The molecule has 6 nitrogen and oxygen atoms in total. The van der Waals surface area contributed by atoms with E-state index in [1.807, 2.05) is 66.4 Å². The van der Waals surface area contributed by atoms with Gasteiger partial charge in [-0.1, -0.05) is 42.5 Å². The Morgan fingerprint density at radius 3 is 2.38 bits per heavy atom. The van der Waals surface area contributed by atoms with E-state index in [9.17, 15) is 9.59 Å². The maximum absolute atomic E-state index is 13.2. The van der Waals surface area contributed by atoms with Crippen molar-refractivity contribution in [3.05, 3.63) is 65.7 Å². The van der Waals surface area contributed by atoms with Gasteiger partial charge in [0.15, 0.2) is 0 Å². The molecule has 6 heteroatoms. The Morgan fingerprint density at radius 1 is 1.00 bits per heavy atom. The van der Waals surface area contributed by atoms with Gasteiger partial charge >= 0.3 is 6.09 Å². The van der Waals surface area contributed by atoms with Gasteiger partial charge in [0, 0.05) is 31.9 Å². The highest BCUT2D eigenvalue weighted by Crippen LogP contribution is 2.20. The number of carbonyl (C=O) groups excluding carboxylic acids is 2. The van der Waals surface area contributed by atoms with Gasteiger partial charge in [0.1, 0.15) is 0 Å². The fraction of sp³-hybridized carbons (Fsp3) is 0.391. The number of ether oxygens (including phenoxy) is 1. The van der Waals surface area contributed by atoms with E-state index < -0.39 is 0 Å². The molecule has 1 aliphatic rings. The molecule has 2 aromatic rings. The lowest BCUT2D eigenvalue weighted by Gasteiger charge is -2.35. The van der Waals surface area contributed by atoms with Crippen LogP contribution in [0.5, 0.6) is 0 Å². The van der Waals surface area contributed by atoms with E-state index in [-0.39, 0.29) is 12.0 Å². The highest BCUT2D eigenvalue weighted by Gasteiger charge is 2.25. The average molecular weight is 396 g/mol. The Hall–Kier alpha value is -2.86. The van der Waals surface area contributed by atoms with E-state index in [4.69, 9.17) is 4.74 Å². The van der Waals surface area contributed by atoms with Gasteiger partial charge < -0.3 is 14.5 Å². The van der Waals surface area contributed by atoms with Crippen LogP contribution in [0.4, 0.5) is 10.5 Å². The minimum atomic E-state index is -0.274. The second-order valence-electron chi connectivity index (χ2n) is 7.27. The molecule has 29 heavy (non-hydrogen) atoms. The van der Waals surface area contributed by atoms with Crippen molar-refractivity contribution < 1.29 is 14.3 Å². The second-order valence-corrected chi connectivity index (χ2v) is 7.27. The van der Waals surface area contributed by atoms with Crippen LogP contribution in [0, 0.1) is 6.92 Å². The summed E-state index contributed by atoms with van der Waals surface area (Å²) >= 11 is 0. The molecule has 0 aromatic heterocycles. The molecule has 154 valence electrons. The second kappa shape index (κ2) is 10.1. The highest BCUT2D eigenvalue weighted by molar-refractivity contribution is 5.94. The van der Waals surface area contributed by atoms with E-state index in [1.165, 1.54) is 0 Å². The summed E-state index contributed by atoms with van der Waals surface area (Å²) in [6, 6.07) is 18.1. The minimum Gasteiger partial charge on any atom is -0.450 e. The molecule has 0 atom stereocenters. The quantitative estimate of drug-likeness (QED) is 0.753. The number of carbonyl (C=O) groups is 2. The molecule has 1 aliphatic heterocycles. The van der Waals surface area contributed by atoms with Crippen LogP contribution in [-0.2, 0) is 16.1 Å². The van der Waals surface area contributed by atoms with Crippen LogP contribution in [0.25, 0.3) is 0 Å². The highest BCUT2D eigenvalue weighted by atomic mass is 16.6. The molecule has 0 spiro atoms. The number of amides is 2. The zero-order valence-electron chi connectivity index (χ0n) is 17.2. The van der Waals surface area contributed by atoms with Crippen molar-refractivity contribution in [1.82, 2.24) is 9.80 Å². The van der Waals surface area contributed by atoms with Crippen molar-refractivity contribution >= 4 is 17.7 Å². The van der Waals surface area contributed by atoms with E-state index in [0.29, 0.717) is 45.9 Å². The van der Waals surface area contributed by atoms with Gasteiger partial charge in [-0.05, 0) is 37.1 Å². The minimum absolute atomic E-state index is 0.0593. The maximum Gasteiger partial charge on any atom is 0.409 e. The van der Waals surface area contributed by atoms with Gasteiger partial charge in [0.05, 0.1) is 19.7 Å². The third kappa shape index (κ3) is 5.81. The fourth-order valence-corrected chi connectivity index (χ4v) is 3.47. The Labute approximate surface area is 172 Å². The third-order valence-corrected chi connectivity index (χ3v) is 5.06. The van der Waals surface area contributed by atoms with Crippen LogP contribution >= 0.6 is 0 Å². The summed E-state index contributed by atoms with van der Waals surface area (Å²) in [7, 11) is 0. The summed E-state index contributed by atoms with van der Waals surface area (Å²) in [4.78, 5) is 30.7. The summed E-state index contributed by atoms with van der Waals surface area (Å²) in [5.41, 5.74) is 3.12. The molecular formula is C23H29N3O3. The van der Waals surface area contributed by atoms with E-state index >= 15 is 0 Å². The molecule has 1 fully saturated rings. The SMILES string of the molecule is CCOC(=O)N1CCN(CC(=O)N(Cc2ccccc2)c2cccc(C)c2)CC1. The van der Waals surface area contributed by atoms with Crippen molar-refractivity contribution in [1.29, 1.82) is 0 Å². The fourth-order valence-electron chi connectivity index (χ4n) is 3.47. The van der Waals surface area contributed by atoms with Gasteiger partial charge in [-0.25, -0.2) is 4.79 Å². The lowest BCUT2D eigenvalue weighted by molar-refractivity contribution is -0.120. The molecule has 0 bridgehead atoms. The normalized spacial score (nSPS) is 14.5. The molecule has 0 unspecified atom stereocenters. The van der Waals surface area contributed by atoms with Crippen molar-refractivity contribution in [2.24, 2.45) is 0 Å². The number of nitrogens with zero attached hydrogens (tertiary/aromatic N) is 3. The topological polar surface area (TPSA) is 53.1 Å². The first-order chi connectivity index (χ1) is 14.1. The molecule has 2 amide bonds. The van der Waals surface area contributed by atoms with Crippen LogP contribution in [0.3, 0.4) is 0 Å². The predicted molar refractivity (Wildman–Crippen MR) is 114 cm³/mol. The molecule has 2 aromatic carbocycles. The van der Waals surface area contributed by atoms with Crippen molar-refractivity contribution in [3.8, 4) is 0 Å². The predicted octanol–water partition coefficient (Wildman–Crippen LogP) is 3.30. The molecule has 0 aliphatic carbocycles. The monoisotopic (exact) mass is 395 g/mol.